The van der Waals surface area contributed by atoms with E-state index in [1.807, 2.05) is 11.9 Å². The molecule has 102 valence electrons. The number of aromatic nitrogens is 3. The van der Waals surface area contributed by atoms with Crippen molar-refractivity contribution in [2.24, 2.45) is 0 Å². The molecule has 0 saturated carbocycles. The lowest BCUT2D eigenvalue weighted by Gasteiger charge is -2.20. The summed E-state index contributed by atoms with van der Waals surface area (Å²) in [6.45, 7) is 2.60. The molecule has 1 aliphatic rings. The van der Waals surface area contributed by atoms with Gasteiger partial charge in [-0.05, 0) is 12.8 Å². The number of hydrogen-bond acceptors (Lipinski definition) is 7. The lowest BCUT2D eigenvalue weighted by Crippen LogP contribution is -2.25. The van der Waals surface area contributed by atoms with Crippen molar-refractivity contribution in [1.29, 1.82) is 5.26 Å². The average Bonchev–Trinajstić information content (AvgIpc) is 2.98. The molecule has 1 fully saturated rings. The van der Waals surface area contributed by atoms with Crippen LogP contribution in [0.25, 0.3) is 0 Å². The van der Waals surface area contributed by atoms with Gasteiger partial charge in [-0.25, -0.2) is 0 Å². The Hall–Kier alpha value is -2.10. The second-order valence-corrected chi connectivity index (χ2v) is 4.53. The summed E-state index contributed by atoms with van der Waals surface area (Å²) in [4.78, 5) is 17.3. The fourth-order valence-electron chi connectivity index (χ4n) is 2.01. The Labute approximate surface area is 113 Å². The van der Waals surface area contributed by atoms with Gasteiger partial charge in [-0.1, -0.05) is 0 Å². The van der Waals surface area contributed by atoms with Crippen molar-refractivity contribution in [2.45, 2.75) is 19.3 Å². The number of hydrogen-bond donors (Lipinski definition) is 1. The van der Waals surface area contributed by atoms with Crippen LogP contribution in [0.1, 0.15) is 19.3 Å². The van der Waals surface area contributed by atoms with Crippen molar-refractivity contribution < 1.29 is 0 Å². The van der Waals surface area contributed by atoms with Crippen molar-refractivity contribution in [2.75, 3.05) is 48.8 Å². The molecule has 0 amide bonds. The molecule has 2 rings (SSSR count). The monoisotopic (exact) mass is 261 g/mol. The quantitative estimate of drug-likeness (QED) is 0.842. The minimum Gasteiger partial charge on any atom is -0.357 e. The molecule has 1 aromatic heterocycles. The van der Waals surface area contributed by atoms with Gasteiger partial charge in [-0.2, -0.15) is 20.2 Å². The number of rotatable bonds is 5. The van der Waals surface area contributed by atoms with Gasteiger partial charge in [0.25, 0.3) is 0 Å². The summed E-state index contributed by atoms with van der Waals surface area (Å²) >= 11 is 0. The number of nitriles is 1. The Morgan fingerprint density at radius 3 is 2.68 bits per heavy atom. The zero-order chi connectivity index (χ0) is 13.7. The van der Waals surface area contributed by atoms with Gasteiger partial charge >= 0.3 is 0 Å². The molecule has 2 heterocycles. The zero-order valence-corrected chi connectivity index (χ0v) is 11.4. The largest absolute Gasteiger partial charge is 0.357 e. The molecule has 1 saturated heterocycles. The molecule has 1 aliphatic heterocycles. The molecule has 1 N–H and O–H groups in total. The highest BCUT2D eigenvalue weighted by Crippen LogP contribution is 2.19. The lowest BCUT2D eigenvalue weighted by atomic mass is 10.4. The third-order valence-corrected chi connectivity index (χ3v) is 3.12. The number of anilines is 3. The third kappa shape index (κ3) is 3.22. The summed E-state index contributed by atoms with van der Waals surface area (Å²) in [5.41, 5.74) is 0. The average molecular weight is 261 g/mol. The van der Waals surface area contributed by atoms with E-state index >= 15 is 0 Å². The van der Waals surface area contributed by atoms with Crippen LogP contribution in [0.2, 0.25) is 0 Å². The van der Waals surface area contributed by atoms with E-state index in [1.165, 1.54) is 12.8 Å². The summed E-state index contributed by atoms with van der Waals surface area (Å²) in [6, 6.07) is 2.13. The van der Waals surface area contributed by atoms with Gasteiger partial charge in [0.05, 0.1) is 12.5 Å². The Kier molecular flexibility index (Phi) is 4.34. The van der Waals surface area contributed by atoms with Crippen LogP contribution in [0.15, 0.2) is 0 Å². The number of nitrogens with zero attached hydrogens (tertiary/aromatic N) is 6. The van der Waals surface area contributed by atoms with E-state index < -0.39 is 0 Å². The minimum absolute atomic E-state index is 0.454. The standard InChI is InChI=1S/C12H19N7/c1-14-10-15-11(18(2)7-5-6-13)17-12(16-10)19-8-3-4-9-19/h3-5,7-9H2,1-2H3,(H,14,15,16,17). The van der Waals surface area contributed by atoms with Gasteiger partial charge in [0.2, 0.25) is 17.8 Å². The third-order valence-electron chi connectivity index (χ3n) is 3.12. The van der Waals surface area contributed by atoms with E-state index in [4.69, 9.17) is 5.26 Å². The normalized spacial score (nSPS) is 14.3. The van der Waals surface area contributed by atoms with Crippen LogP contribution in [0.5, 0.6) is 0 Å². The molecular formula is C12H19N7. The van der Waals surface area contributed by atoms with Crippen molar-refractivity contribution in [3.05, 3.63) is 0 Å². The van der Waals surface area contributed by atoms with E-state index in [1.54, 1.807) is 7.05 Å². The van der Waals surface area contributed by atoms with Crippen LogP contribution in [0, 0.1) is 11.3 Å². The minimum atomic E-state index is 0.454. The van der Waals surface area contributed by atoms with Crippen LogP contribution >= 0.6 is 0 Å². The predicted molar refractivity (Wildman–Crippen MR) is 74.3 cm³/mol. The van der Waals surface area contributed by atoms with Gasteiger partial charge in [0.1, 0.15) is 0 Å². The Balaban J connectivity index is 2.22. The molecule has 0 spiro atoms. The van der Waals surface area contributed by atoms with E-state index in [2.05, 4.69) is 31.2 Å². The second kappa shape index (κ2) is 6.18. The van der Waals surface area contributed by atoms with Crippen molar-refractivity contribution >= 4 is 17.8 Å². The van der Waals surface area contributed by atoms with Crippen molar-refractivity contribution in [1.82, 2.24) is 15.0 Å². The summed E-state index contributed by atoms with van der Waals surface area (Å²) in [6.07, 6.45) is 2.82. The first-order chi connectivity index (χ1) is 9.24. The van der Waals surface area contributed by atoms with Gasteiger partial charge in [0.15, 0.2) is 0 Å². The van der Waals surface area contributed by atoms with Gasteiger partial charge < -0.3 is 15.1 Å². The highest BCUT2D eigenvalue weighted by Gasteiger charge is 2.18. The summed E-state index contributed by atoms with van der Waals surface area (Å²) < 4.78 is 0. The number of nitrogens with one attached hydrogen (secondary N) is 1. The maximum absolute atomic E-state index is 8.64. The Morgan fingerprint density at radius 2 is 2.05 bits per heavy atom. The fourth-order valence-corrected chi connectivity index (χ4v) is 2.01. The Morgan fingerprint density at radius 1 is 1.32 bits per heavy atom. The fraction of sp³-hybridized carbons (Fsp3) is 0.667. The Bertz CT molecular complexity index is 462. The van der Waals surface area contributed by atoms with E-state index in [0.29, 0.717) is 24.9 Å². The molecule has 1 aromatic rings. The molecule has 7 nitrogen and oxygen atoms in total. The van der Waals surface area contributed by atoms with Gasteiger partial charge in [-0.3, -0.25) is 0 Å². The van der Waals surface area contributed by atoms with Crippen molar-refractivity contribution in [3.63, 3.8) is 0 Å². The van der Waals surface area contributed by atoms with Crippen molar-refractivity contribution in [3.8, 4) is 6.07 Å². The van der Waals surface area contributed by atoms with Gasteiger partial charge in [0, 0.05) is 33.7 Å². The first-order valence-electron chi connectivity index (χ1n) is 6.51. The summed E-state index contributed by atoms with van der Waals surface area (Å²) in [7, 11) is 3.68. The van der Waals surface area contributed by atoms with Crippen LogP contribution in [-0.2, 0) is 0 Å². The van der Waals surface area contributed by atoms with E-state index in [-0.39, 0.29) is 0 Å². The van der Waals surface area contributed by atoms with E-state index in [9.17, 15) is 0 Å². The predicted octanol–water partition coefficient (Wildman–Crippen LogP) is 0.863. The molecular weight excluding hydrogens is 242 g/mol. The molecule has 0 bridgehead atoms. The molecule has 0 unspecified atom stereocenters. The van der Waals surface area contributed by atoms with Crippen LogP contribution in [0.3, 0.4) is 0 Å². The first-order valence-corrected chi connectivity index (χ1v) is 6.51. The zero-order valence-electron chi connectivity index (χ0n) is 11.4. The molecule has 0 aromatic carbocycles. The molecule has 19 heavy (non-hydrogen) atoms. The maximum atomic E-state index is 8.64. The lowest BCUT2D eigenvalue weighted by molar-refractivity contribution is 0.824. The maximum Gasteiger partial charge on any atom is 0.231 e. The molecule has 0 aliphatic carbocycles. The SMILES string of the molecule is CNc1nc(N(C)CCC#N)nc(N2CCCC2)n1. The van der Waals surface area contributed by atoms with Crippen LogP contribution in [-0.4, -0.2) is 48.7 Å². The second-order valence-electron chi connectivity index (χ2n) is 4.53. The summed E-state index contributed by atoms with van der Waals surface area (Å²) in [5, 5.41) is 11.6. The smallest absolute Gasteiger partial charge is 0.231 e. The highest BCUT2D eigenvalue weighted by molar-refractivity contribution is 5.45. The van der Waals surface area contributed by atoms with Crippen LogP contribution in [0.4, 0.5) is 17.8 Å². The van der Waals surface area contributed by atoms with Crippen LogP contribution < -0.4 is 15.1 Å². The molecule has 0 radical (unpaired) electrons. The highest BCUT2D eigenvalue weighted by atomic mass is 15.4. The molecule has 7 heteroatoms. The molecule has 0 atom stereocenters. The summed E-state index contributed by atoms with van der Waals surface area (Å²) in [5.74, 6) is 1.89. The van der Waals surface area contributed by atoms with E-state index in [0.717, 1.165) is 19.0 Å². The first kappa shape index (κ1) is 13.3. The van der Waals surface area contributed by atoms with Gasteiger partial charge in [-0.15, -0.1) is 0 Å². The topological polar surface area (TPSA) is 81.0 Å².